The molecule has 21 heavy (non-hydrogen) atoms. The van der Waals surface area contributed by atoms with Gasteiger partial charge in [-0.1, -0.05) is 12.1 Å². The molecule has 0 saturated carbocycles. The zero-order valence-electron chi connectivity index (χ0n) is 11.5. The van der Waals surface area contributed by atoms with Crippen LogP contribution in [0.15, 0.2) is 51.9 Å². The van der Waals surface area contributed by atoms with Crippen LogP contribution >= 0.6 is 15.9 Å². The Bertz CT molecular complexity index is 697. The van der Waals surface area contributed by atoms with Gasteiger partial charge in [0.05, 0.1) is 12.3 Å². The molecule has 2 aromatic rings. The minimum absolute atomic E-state index is 0.0684. The summed E-state index contributed by atoms with van der Waals surface area (Å²) in [6.45, 7) is 2.14. The van der Waals surface area contributed by atoms with Crippen LogP contribution in [0.5, 0.6) is 5.75 Å². The Hall–Kier alpha value is -2.08. The van der Waals surface area contributed by atoms with Crippen LogP contribution in [0.4, 0.5) is 5.69 Å². The monoisotopic (exact) mass is 350 g/mol. The van der Waals surface area contributed by atoms with E-state index in [1.807, 2.05) is 18.2 Å². The molecule has 0 radical (unpaired) electrons. The number of benzene rings is 1. The van der Waals surface area contributed by atoms with Gasteiger partial charge in [0.1, 0.15) is 6.54 Å². The number of rotatable bonds is 5. The largest absolute Gasteiger partial charge is 0.488 e. The van der Waals surface area contributed by atoms with Gasteiger partial charge in [-0.25, -0.2) is 0 Å². The third-order valence-electron chi connectivity index (χ3n) is 2.75. The standard InChI is InChI=1S/C15H15BrN2O3/c1-2-21-13-8-5-9-18(15(13)20)10-14(19)17-12-7-4-3-6-11(12)16/h3-9H,2,10H2,1H3,(H,17,19). The highest BCUT2D eigenvalue weighted by atomic mass is 79.9. The molecule has 5 nitrogen and oxygen atoms in total. The van der Waals surface area contributed by atoms with Crippen molar-refractivity contribution in [1.29, 1.82) is 0 Å². The average Bonchev–Trinajstić information content (AvgIpc) is 2.46. The van der Waals surface area contributed by atoms with Crippen LogP contribution in [0.1, 0.15) is 6.92 Å². The van der Waals surface area contributed by atoms with E-state index in [0.717, 1.165) is 4.47 Å². The number of hydrogen-bond donors (Lipinski definition) is 1. The van der Waals surface area contributed by atoms with Crippen LogP contribution in [0.2, 0.25) is 0 Å². The fraction of sp³-hybridized carbons (Fsp3) is 0.200. The molecule has 1 N–H and O–H groups in total. The number of carbonyl (C=O) groups is 1. The molecule has 0 aliphatic rings. The summed E-state index contributed by atoms with van der Waals surface area (Å²) < 4.78 is 7.33. The van der Waals surface area contributed by atoms with Crippen molar-refractivity contribution < 1.29 is 9.53 Å². The summed E-state index contributed by atoms with van der Waals surface area (Å²) in [5.41, 5.74) is 0.345. The lowest BCUT2D eigenvalue weighted by atomic mass is 10.3. The zero-order valence-corrected chi connectivity index (χ0v) is 13.1. The molecule has 0 aliphatic heterocycles. The fourth-order valence-electron chi connectivity index (χ4n) is 1.81. The van der Waals surface area contributed by atoms with Crippen molar-refractivity contribution in [3.05, 3.63) is 57.4 Å². The van der Waals surface area contributed by atoms with Crippen molar-refractivity contribution in [2.24, 2.45) is 0 Å². The first-order valence-corrected chi connectivity index (χ1v) is 7.27. The highest BCUT2D eigenvalue weighted by molar-refractivity contribution is 9.10. The van der Waals surface area contributed by atoms with E-state index in [1.165, 1.54) is 4.57 Å². The first-order chi connectivity index (χ1) is 10.1. The Balaban J connectivity index is 2.12. The molecular formula is C15H15BrN2O3. The van der Waals surface area contributed by atoms with E-state index in [-0.39, 0.29) is 23.8 Å². The van der Waals surface area contributed by atoms with Crippen molar-refractivity contribution >= 4 is 27.5 Å². The summed E-state index contributed by atoms with van der Waals surface area (Å²) in [6, 6.07) is 10.6. The van der Waals surface area contributed by atoms with Gasteiger partial charge in [0.15, 0.2) is 5.75 Å². The minimum Gasteiger partial charge on any atom is -0.488 e. The first-order valence-electron chi connectivity index (χ1n) is 6.48. The van der Waals surface area contributed by atoms with Crippen LogP contribution < -0.4 is 15.6 Å². The molecule has 0 bridgehead atoms. The molecule has 0 spiro atoms. The second-order valence-corrected chi connectivity index (χ2v) is 5.12. The number of amides is 1. The Kier molecular flexibility index (Phi) is 5.16. The van der Waals surface area contributed by atoms with Gasteiger partial charge < -0.3 is 14.6 Å². The first kappa shape index (κ1) is 15.3. The second kappa shape index (κ2) is 7.08. The fourth-order valence-corrected chi connectivity index (χ4v) is 2.20. The highest BCUT2D eigenvalue weighted by Crippen LogP contribution is 2.21. The van der Waals surface area contributed by atoms with Crippen LogP contribution in [0.25, 0.3) is 0 Å². The number of halogens is 1. The number of hydrogen-bond acceptors (Lipinski definition) is 3. The van der Waals surface area contributed by atoms with E-state index in [0.29, 0.717) is 12.3 Å². The molecular weight excluding hydrogens is 336 g/mol. The molecule has 1 heterocycles. The van der Waals surface area contributed by atoms with E-state index in [4.69, 9.17) is 4.74 Å². The van der Waals surface area contributed by atoms with Crippen LogP contribution in [0, 0.1) is 0 Å². The van der Waals surface area contributed by atoms with Crippen molar-refractivity contribution in [3.8, 4) is 5.75 Å². The topological polar surface area (TPSA) is 60.3 Å². The Morgan fingerprint density at radius 1 is 1.29 bits per heavy atom. The number of anilines is 1. The van der Waals surface area contributed by atoms with Crippen LogP contribution in [-0.2, 0) is 11.3 Å². The maximum atomic E-state index is 12.1. The van der Waals surface area contributed by atoms with Crippen LogP contribution in [-0.4, -0.2) is 17.1 Å². The smallest absolute Gasteiger partial charge is 0.293 e. The molecule has 0 fully saturated rings. The summed E-state index contributed by atoms with van der Waals surface area (Å²) in [6.07, 6.45) is 1.56. The average molecular weight is 351 g/mol. The third-order valence-corrected chi connectivity index (χ3v) is 3.44. The number of nitrogens with zero attached hydrogens (tertiary/aromatic N) is 1. The molecule has 1 aromatic heterocycles. The van der Waals surface area contributed by atoms with Crippen molar-refractivity contribution in [1.82, 2.24) is 4.57 Å². The second-order valence-electron chi connectivity index (χ2n) is 4.27. The summed E-state index contributed by atoms with van der Waals surface area (Å²) in [4.78, 5) is 24.1. The summed E-state index contributed by atoms with van der Waals surface area (Å²) in [5, 5.41) is 2.75. The molecule has 0 saturated heterocycles. The van der Waals surface area contributed by atoms with E-state index in [2.05, 4.69) is 21.2 Å². The molecule has 0 aliphatic carbocycles. The number of pyridine rings is 1. The van der Waals surface area contributed by atoms with Gasteiger partial charge in [0.25, 0.3) is 5.56 Å². The Morgan fingerprint density at radius 3 is 2.76 bits per heavy atom. The normalized spacial score (nSPS) is 10.2. The van der Waals surface area contributed by atoms with Gasteiger partial charge in [0, 0.05) is 10.7 Å². The number of nitrogens with one attached hydrogen (secondary N) is 1. The van der Waals surface area contributed by atoms with E-state index >= 15 is 0 Å². The number of ether oxygens (including phenoxy) is 1. The van der Waals surface area contributed by atoms with Crippen molar-refractivity contribution in [2.75, 3.05) is 11.9 Å². The Labute approximate surface area is 130 Å². The van der Waals surface area contributed by atoms with E-state index in [1.54, 1.807) is 31.3 Å². The summed E-state index contributed by atoms with van der Waals surface area (Å²) >= 11 is 3.35. The molecule has 2 rings (SSSR count). The van der Waals surface area contributed by atoms with Gasteiger partial charge in [-0.15, -0.1) is 0 Å². The number of carbonyl (C=O) groups excluding carboxylic acids is 1. The Morgan fingerprint density at radius 2 is 2.05 bits per heavy atom. The molecule has 0 unspecified atom stereocenters. The summed E-state index contributed by atoms with van der Waals surface area (Å²) in [7, 11) is 0. The molecule has 1 amide bonds. The maximum absolute atomic E-state index is 12.1. The van der Waals surface area contributed by atoms with Gasteiger partial charge in [0.2, 0.25) is 5.91 Å². The lowest BCUT2D eigenvalue weighted by molar-refractivity contribution is -0.116. The lowest BCUT2D eigenvalue weighted by Gasteiger charge is -2.10. The quantitative estimate of drug-likeness (QED) is 0.901. The molecule has 110 valence electrons. The predicted octanol–water partition coefficient (Wildman–Crippen LogP) is 2.65. The molecule has 1 aromatic carbocycles. The van der Waals surface area contributed by atoms with E-state index in [9.17, 15) is 9.59 Å². The summed E-state index contributed by atoms with van der Waals surface area (Å²) in [5.74, 6) is -0.0358. The van der Waals surface area contributed by atoms with Gasteiger partial charge >= 0.3 is 0 Å². The third kappa shape index (κ3) is 3.95. The lowest BCUT2D eigenvalue weighted by Crippen LogP contribution is -2.28. The van der Waals surface area contributed by atoms with Crippen molar-refractivity contribution in [3.63, 3.8) is 0 Å². The van der Waals surface area contributed by atoms with Gasteiger partial charge in [-0.2, -0.15) is 0 Å². The number of para-hydroxylation sites is 1. The SMILES string of the molecule is CCOc1cccn(CC(=O)Nc2ccccc2Br)c1=O. The van der Waals surface area contributed by atoms with Crippen molar-refractivity contribution in [2.45, 2.75) is 13.5 Å². The molecule has 6 heteroatoms. The van der Waals surface area contributed by atoms with Gasteiger partial charge in [-0.3, -0.25) is 9.59 Å². The zero-order chi connectivity index (χ0) is 15.2. The minimum atomic E-state index is -0.318. The number of aromatic nitrogens is 1. The molecule has 0 atom stereocenters. The maximum Gasteiger partial charge on any atom is 0.293 e. The predicted molar refractivity (Wildman–Crippen MR) is 84.6 cm³/mol. The van der Waals surface area contributed by atoms with Gasteiger partial charge in [-0.05, 0) is 47.1 Å². The highest BCUT2D eigenvalue weighted by Gasteiger charge is 2.09. The van der Waals surface area contributed by atoms with E-state index < -0.39 is 0 Å². The van der Waals surface area contributed by atoms with Crippen LogP contribution in [0.3, 0.4) is 0 Å².